The van der Waals surface area contributed by atoms with E-state index in [1.807, 2.05) is 54.3 Å². The number of rotatable bonds is 3. The summed E-state index contributed by atoms with van der Waals surface area (Å²) in [4.78, 5) is 22.3. The van der Waals surface area contributed by atoms with Crippen LogP contribution in [0.5, 0.6) is 0 Å². The molecule has 5 nitrogen and oxygen atoms in total. The normalized spacial score (nSPS) is 22.6. The lowest BCUT2D eigenvalue weighted by Gasteiger charge is -2.28. The summed E-state index contributed by atoms with van der Waals surface area (Å²) in [6, 6.07) is 17.3. The summed E-state index contributed by atoms with van der Waals surface area (Å²) in [6.07, 6.45) is 3.66. The highest BCUT2D eigenvalue weighted by molar-refractivity contribution is 5.94. The third-order valence-electron chi connectivity index (χ3n) is 6.62. The molecule has 3 aromatic rings. The average molecular weight is 389 g/mol. The zero-order chi connectivity index (χ0) is 20.0. The van der Waals surface area contributed by atoms with E-state index in [9.17, 15) is 4.79 Å². The van der Waals surface area contributed by atoms with Gasteiger partial charge in [-0.05, 0) is 76.1 Å². The Morgan fingerprint density at radius 3 is 2.59 bits per heavy atom. The third kappa shape index (κ3) is 3.23. The first-order chi connectivity index (χ1) is 14.1. The minimum absolute atomic E-state index is 0.151. The number of hydrogen-bond donors (Lipinski definition) is 0. The van der Waals surface area contributed by atoms with Gasteiger partial charge in [-0.3, -0.25) is 14.3 Å². The number of aryl methyl sites for hydroxylation is 1. The van der Waals surface area contributed by atoms with Crippen LogP contribution in [0.2, 0.25) is 0 Å². The quantitative estimate of drug-likeness (QED) is 0.680. The Morgan fingerprint density at radius 2 is 1.83 bits per heavy atom. The molecule has 1 amide bonds. The Labute approximate surface area is 171 Å². The molecule has 2 saturated heterocycles. The molecule has 0 N–H and O–H groups in total. The summed E-state index contributed by atoms with van der Waals surface area (Å²) in [6.45, 7) is 7.23. The highest BCUT2D eigenvalue weighted by Crippen LogP contribution is 2.26. The van der Waals surface area contributed by atoms with E-state index < -0.39 is 0 Å². The minimum Gasteiger partial charge on any atom is -0.337 e. The van der Waals surface area contributed by atoms with Crippen LogP contribution in [0.25, 0.3) is 16.7 Å². The van der Waals surface area contributed by atoms with E-state index in [1.165, 1.54) is 19.4 Å². The van der Waals surface area contributed by atoms with Gasteiger partial charge in [-0.2, -0.15) is 0 Å². The summed E-state index contributed by atoms with van der Waals surface area (Å²) in [5.41, 5.74) is 3.89. The summed E-state index contributed by atoms with van der Waals surface area (Å²) >= 11 is 0. The molecule has 2 aromatic carbocycles. The van der Waals surface area contributed by atoms with Crippen LogP contribution >= 0.6 is 0 Å². The number of nitrogens with zero attached hydrogens (tertiary/aromatic N) is 4. The van der Waals surface area contributed by atoms with Crippen LogP contribution in [-0.2, 0) is 0 Å². The predicted molar refractivity (Wildman–Crippen MR) is 116 cm³/mol. The molecule has 29 heavy (non-hydrogen) atoms. The Hall–Kier alpha value is -2.66. The first-order valence-corrected chi connectivity index (χ1v) is 10.7. The van der Waals surface area contributed by atoms with Gasteiger partial charge in [0.1, 0.15) is 5.82 Å². The smallest absolute Gasteiger partial charge is 0.253 e. The van der Waals surface area contributed by atoms with Crippen LogP contribution in [0.15, 0.2) is 48.5 Å². The Morgan fingerprint density at radius 1 is 1.03 bits per heavy atom. The van der Waals surface area contributed by atoms with Crippen molar-refractivity contribution in [2.24, 2.45) is 0 Å². The monoisotopic (exact) mass is 388 g/mol. The van der Waals surface area contributed by atoms with Crippen molar-refractivity contribution in [3.05, 3.63) is 59.9 Å². The number of carbonyl (C=O) groups is 1. The molecule has 0 saturated carbocycles. The Kier molecular flexibility index (Phi) is 4.63. The predicted octanol–water partition coefficient (Wildman–Crippen LogP) is 4.03. The van der Waals surface area contributed by atoms with Crippen molar-refractivity contribution in [2.75, 3.05) is 19.6 Å². The topological polar surface area (TPSA) is 41.4 Å². The summed E-state index contributed by atoms with van der Waals surface area (Å²) in [7, 11) is 0. The second-order valence-corrected chi connectivity index (χ2v) is 8.45. The molecule has 2 fully saturated rings. The first-order valence-electron chi connectivity index (χ1n) is 10.7. The maximum atomic E-state index is 13.1. The van der Waals surface area contributed by atoms with Crippen LogP contribution in [0.3, 0.4) is 0 Å². The van der Waals surface area contributed by atoms with Crippen LogP contribution in [0.4, 0.5) is 0 Å². The van der Waals surface area contributed by atoms with Gasteiger partial charge in [-0.15, -0.1) is 0 Å². The van der Waals surface area contributed by atoms with Gasteiger partial charge < -0.3 is 4.90 Å². The summed E-state index contributed by atoms with van der Waals surface area (Å²) < 4.78 is 2.14. The van der Waals surface area contributed by atoms with E-state index in [-0.39, 0.29) is 5.91 Å². The first kappa shape index (κ1) is 18.4. The van der Waals surface area contributed by atoms with Crippen molar-refractivity contribution in [3.8, 4) is 5.69 Å². The molecular weight excluding hydrogens is 360 g/mol. The minimum atomic E-state index is 0.151. The van der Waals surface area contributed by atoms with Gasteiger partial charge in [0.15, 0.2) is 0 Å². The standard InChI is InChI=1S/C24H28N4O/c1-17-6-5-14-27(17)21-13-15-26(16-21)24(29)19-9-11-20(12-10-19)28-18(2)25-22-7-3-4-8-23(22)28/h3-4,7-12,17,21H,5-6,13-16H2,1-2H3/t17-,21+/m1/s1. The van der Waals surface area contributed by atoms with Gasteiger partial charge in [0, 0.05) is 36.4 Å². The number of fused-ring (bicyclic) bond motifs is 1. The molecule has 2 aliphatic heterocycles. The fourth-order valence-corrected chi connectivity index (χ4v) is 5.10. The lowest BCUT2D eigenvalue weighted by atomic mass is 10.1. The number of aromatic nitrogens is 2. The molecule has 3 heterocycles. The maximum absolute atomic E-state index is 13.1. The van der Waals surface area contributed by atoms with Gasteiger partial charge in [-0.1, -0.05) is 12.1 Å². The van der Waals surface area contributed by atoms with Gasteiger partial charge in [0.05, 0.1) is 11.0 Å². The molecule has 2 atom stereocenters. The van der Waals surface area contributed by atoms with Crippen molar-refractivity contribution in [1.29, 1.82) is 0 Å². The molecule has 150 valence electrons. The van der Waals surface area contributed by atoms with E-state index in [4.69, 9.17) is 0 Å². The molecule has 0 spiro atoms. The fourth-order valence-electron chi connectivity index (χ4n) is 5.10. The van der Waals surface area contributed by atoms with Crippen LogP contribution in [0.1, 0.15) is 42.4 Å². The van der Waals surface area contributed by atoms with Crippen LogP contribution in [0, 0.1) is 6.92 Å². The van der Waals surface area contributed by atoms with Crippen molar-refractivity contribution in [3.63, 3.8) is 0 Å². The van der Waals surface area contributed by atoms with Crippen molar-refractivity contribution >= 4 is 16.9 Å². The second kappa shape index (κ2) is 7.30. The number of hydrogen-bond acceptors (Lipinski definition) is 3. The Balaban J connectivity index is 1.34. The zero-order valence-electron chi connectivity index (χ0n) is 17.2. The maximum Gasteiger partial charge on any atom is 0.253 e. The van der Waals surface area contributed by atoms with Gasteiger partial charge in [0.2, 0.25) is 0 Å². The highest BCUT2D eigenvalue weighted by Gasteiger charge is 2.34. The zero-order valence-corrected chi connectivity index (χ0v) is 17.2. The molecule has 0 bridgehead atoms. The van der Waals surface area contributed by atoms with Gasteiger partial charge >= 0.3 is 0 Å². The lowest BCUT2D eigenvalue weighted by molar-refractivity contribution is 0.0774. The van der Waals surface area contributed by atoms with E-state index >= 15 is 0 Å². The molecule has 0 unspecified atom stereocenters. The molecule has 5 heteroatoms. The molecule has 0 radical (unpaired) electrons. The van der Waals surface area contributed by atoms with Crippen LogP contribution in [-0.4, -0.2) is 57.0 Å². The summed E-state index contributed by atoms with van der Waals surface area (Å²) in [5.74, 6) is 1.10. The van der Waals surface area contributed by atoms with E-state index in [2.05, 4.69) is 27.4 Å². The number of imidazole rings is 1. The second-order valence-electron chi connectivity index (χ2n) is 8.45. The van der Waals surface area contributed by atoms with Gasteiger partial charge in [-0.25, -0.2) is 4.98 Å². The molecule has 5 rings (SSSR count). The molecular formula is C24H28N4O. The number of carbonyl (C=O) groups excluding carboxylic acids is 1. The number of amides is 1. The number of benzene rings is 2. The van der Waals surface area contributed by atoms with Crippen molar-refractivity contribution in [2.45, 2.75) is 45.2 Å². The third-order valence-corrected chi connectivity index (χ3v) is 6.62. The van der Waals surface area contributed by atoms with E-state index in [0.717, 1.165) is 47.6 Å². The average Bonchev–Trinajstić information content (AvgIpc) is 3.45. The van der Waals surface area contributed by atoms with E-state index in [1.54, 1.807) is 0 Å². The Bertz CT molecular complexity index is 1040. The fraction of sp³-hybridized carbons (Fsp3) is 0.417. The number of likely N-dealkylation sites (tertiary alicyclic amines) is 2. The largest absolute Gasteiger partial charge is 0.337 e. The molecule has 0 aliphatic carbocycles. The SMILES string of the molecule is Cc1nc2ccccc2n1-c1ccc(C(=O)N2CC[C@H](N3CCC[C@H]3C)C2)cc1. The van der Waals surface area contributed by atoms with Crippen molar-refractivity contribution in [1.82, 2.24) is 19.4 Å². The highest BCUT2D eigenvalue weighted by atomic mass is 16.2. The molecule has 1 aromatic heterocycles. The number of para-hydroxylation sites is 2. The molecule has 2 aliphatic rings. The van der Waals surface area contributed by atoms with Gasteiger partial charge in [0.25, 0.3) is 5.91 Å². The van der Waals surface area contributed by atoms with Crippen LogP contribution < -0.4 is 0 Å². The lowest BCUT2D eigenvalue weighted by Crippen LogP contribution is -2.40. The summed E-state index contributed by atoms with van der Waals surface area (Å²) in [5, 5.41) is 0. The van der Waals surface area contributed by atoms with Crippen molar-refractivity contribution < 1.29 is 4.79 Å². The van der Waals surface area contributed by atoms with E-state index in [0.29, 0.717) is 12.1 Å².